The Morgan fingerprint density at radius 3 is 2.36 bits per heavy atom. The van der Waals surface area contributed by atoms with Crippen LogP contribution < -0.4 is 0 Å². The van der Waals surface area contributed by atoms with Crippen molar-refractivity contribution in [3.63, 3.8) is 0 Å². The van der Waals surface area contributed by atoms with E-state index in [0.717, 1.165) is 5.56 Å². The number of piperazine rings is 1. The average Bonchev–Trinajstić information content (AvgIpc) is 2.58. The molecule has 0 unspecified atom stereocenters. The monoisotopic (exact) mass is 402 g/mol. The Bertz CT molecular complexity index is 869. The smallest absolute Gasteiger partial charge is 0.244 e. The number of benzene rings is 2. The van der Waals surface area contributed by atoms with E-state index in [1.165, 1.54) is 22.5 Å². The van der Waals surface area contributed by atoms with Crippen LogP contribution in [-0.2, 0) is 16.6 Å². The van der Waals surface area contributed by atoms with Crippen molar-refractivity contribution in [2.75, 3.05) is 26.2 Å². The van der Waals surface area contributed by atoms with Crippen LogP contribution in [0.25, 0.3) is 0 Å². The molecule has 1 fully saturated rings. The van der Waals surface area contributed by atoms with E-state index in [-0.39, 0.29) is 20.8 Å². The number of nitrogens with zero attached hydrogens (tertiary/aromatic N) is 2. The van der Waals surface area contributed by atoms with E-state index in [1.807, 2.05) is 6.07 Å². The zero-order chi connectivity index (χ0) is 18.0. The Labute approximate surface area is 156 Å². The molecule has 0 aliphatic carbocycles. The van der Waals surface area contributed by atoms with Gasteiger partial charge in [-0.1, -0.05) is 41.4 Å². The molecule has 134 valence electrons. The van der Waals surface area contributed by atoms with Crippen LogP contribution in [0.2, 0.25) is 10.0 Å². The quantitative estimate of drug-likeness (QED) is 0.783. The third-order valence-corrected chi connectivity index (χ3v) is 7.03. The van der Waals surface area contributed by atoms with Crippen LogP contribution in [0.5, 0.6) is 0 Å². The minimum Gasteiger partial charge on any atom is -0.296 e. The molecule has 0 atom stereocenters. The molecule has 0 amide bonds. The van der Waals surface area contributed by atoms with Gasteiger partial charge in [-0.15, -0.1) is 0 Å². The molecule has 0 radical (unpaired) electrons. The number of halogens is 3. The van der Waals surface area contributed by atoms with Crippen molar-refractivity contribution in [3.05, 3.63) is 63.9 Å². The molecule has 0 bridgehead atoms. The summed E-state index contributed by atoms with van der Waals surface area (Å²) in [5.74, 6) is -0.269. The van der Waals surface area contributed by atoms with Gasteiger partial charge >= 0.3 is 0 Å². The summed E-state index contributed by atoms with van der Waals surface area (Å²) in [5.41, 5.74) is 0.870. The van der Waals surface area contributed by atoms with E-state index in [1.54, 1.807) is 18.2 Å². The normalized spacial score (nSPS) is 16.9. The summed E-state index contributed by atoms with van der Waals surface area (Å²) in [6, 6.07) is 11.0. The number of hydrogen-bond donors (Lipinski definition) is 0. The van der Waals surface area contributed by atoms with Crippen molar-refractivity contribution in [1.82, 2.24) is 9.21 Å². The number of hydrogen-bond acceptors (Lipinski definition) is 3. The molecule has 8 heteroatoms. The molecule has 1 aliphatic heterocycles. The molecule has 0 saturated carbocycles. The van der Waals surface area contributed by atoms with Gasteiger partial charge in [-0.25, -0.2) is 12.8 Å². The summed E-state index contributed by atoms with van der Waals surface area (Å²) in [6.07, 6.45) is 0. The molecule has 1 heterocycles. The molecule has 0 N–H and O–H groups in total. The standard InChI is InChI=1S/C17H17Cl2FN2O2S/c18-15-5-2-6-16(17(15)19)25(23,24)22-9-7-21(8-10-22)12-13-3-1-4-14(20)11-13/h1-6,11H,7-10,12H2. The predicted molar refractivity (Wildman–Crippen MR) is 96.9 cm³/mol. The van der Waals surface area contributed by atoms with Crippen molar-refractivity contribution in [2.24, 2.45) is 0 Å². The molecule has 1 aliphatic rings. The lowest BCUT2D eigenvalue weighted by atomic mass is 10.2. The largest absolute Gasteiger partial charge is 0.296 e. The summed E-state index contributed by atoms with van der Waals surface area (Å²) >= 11 is 12.0. The van der Waals surface area contributed by atoms with E-state index < -0.39 is 10.0 Å². The first-order valence-electron chi connectivity index (χ1n) is 7.79. The highest BCUT2D eigenvalue weighted by atomic mass is 35.5. The molecule has 0 aromatic heterocycles. The SMILES string of the molecule is O=S(=O)(c1cccc(Cl)c1Cl)N1CCN(Cc2cccc(F)c2)CC1. The van der Waals surface area contributed by atoms with Gasteiger partial charge in [0.1, 0.15) is 10.7 Å². The average molecular weight is 403 g/mol. The molecule has 2 aromatic rings. The third kappa shape index (κ3) is 4.15. The molecular formula is C17H17Cl2FN2O2S. The zero-order valence-electron chi connectivity index (χ0n) is 13.3. The van der Waals surface area contributed by atoms with Gasteiger partial charge in [0.05, 0.1) is 10.0 Å². The number of sulfonamides is 1. The topological polar surface area (TPSA) is 40.6 Å². The molecule has 1 saturated heterocycles. The maximum atomic E-state index is 13.3. The summed E-state index contributed by atoms with van der Waals surface area (Å²) in [6.45, 7) is 2.41. The van der Waals surface area contributed by atoms with Gasteiger partial charge < -0.3 is 0 Å². The summed E-state index contributed by atoms with van der Waals surface area (Å²) in [7, 11) is -3.69. The second kappa shape index (κ2) is 7.60. The van der Waals surface area contributed by atoms with E-state index >= 15 is 0 Å². The van der Waals surface area contributed by atoms with Crippen LogP contribution in [0.15, 0.2) is 47.4 Å². The highest BCUT2D eigenvalue weighted by molar-refractivity contribution is 7.89. The molecular weight excluding hydrogens is 386 g/mol. The second-order valence-corrected chi connectivity index (χ2v) is 8.55. The van der Waals surface area contributed by atoms with Gasteiger partial charge in [0.25, 0.3) is 0 Å². The Hall–Kier alpha value is -1.18. The Balaban J connectivity index is 1.68. The summed E-state index contributed by atoms with van der Waals surface area (Å²) in [5, 5.41) is 0.263. The van der Waals surface area contributed by atoms with E-state index in [0.29, 0.717) is 32.7 Å². The molecule has 2 aromatic carbocycles. The molecule has 25 heavy (non-hydrogen) atoms. The second-order valence-electron chi connectivity index (χ2n) is 5.86. The van der Waals surface area contributed by atoms with Gasteiger partial charge in [0.15, 0.2) is 0 Å². The molecule has 4 nitrogen and oxygen atoms in total. The van der Waals surface area contributed by atoms with Gasteiger partial charge in [0.2, 0.25) is 10.0 Å². The van der Waals surface area contributed by atoms with Crippen LogP contribution in [0.1, 0.15) is 5.56 Å². The predicted octanol–water partition coefficient (Wildman–Crippen LogP) is 3.64. The number of rotatable bonds is 4. The highest BCUT2D eigenvalue weighted by Crippen LogP contribution is 2.31. The minimum atomic E-state index is -3.69. The van der Waals surface area contributed by atoms with Crippen LogP contribution in [0.4, 0.5) is 4.39 Å². The lowest BCUT2D eigenvalue weighted by Crippen LogP contribution is -2.48. The molecule has 0 spiro atoms. The van der Waals surface area contributed by atoms with E-state index in [4.69, 9.17) is 23.2 Å². The van der Waals surface area contributed by atoms with Crippen LogP contribution in [0.3, 0.4) is 0 Å². The highest BCUT2D eigenvalue weighted by Gasteiger charge is 2.30. The first kappa shape index (κ1) is 18.6. The Morgan fingerprint density at radius 1 is 1.00 bits per heavy atom. The summed E-state index contributed by atoms with van der Waals surface area (Å²) in [4.78, 5) is 2.13. The lowest BCUT2D eigenvalue weighted by molar-refractivity contribution is 0.181. The van der Waals surface area contributed by atoms with Gasteiger partial charge in [-0.2, -0.15) is 4.31 Å². The minimum absolute atomic E-state index is 0.0280. The van der Waals surface area contributed by atoms with Crippen molar-refractivity contribution in [3.8, 4) is 0 Å². The van der Waals surface area contributed by atoms with Crippen molar-refractivity contribution < 1.29 is 12.8 Å². The van der Waals surface area contributed by atoms with Gasteiger partial charge in [-0.05, 0) is 29.8 Å². The van der Waals surface area contributed by atoms with Crippen LogP contribution in [-0.4, -0.2) is 43.8 Å². The third-order valence-electron chi connectivity index (χ3n) is 4.16. The van der Waals surface area contributed by atoms with E-state index in [2.05, 4.69) is 4.90 Å². The summed E-state index contributed by atoms with van der Waals surface area (Å²) < 4.78 is 40.2. The Morgan fingerprint density at radius 2 is 1.68 bits per heavy atom. The van der Waals surface area contributed by atoms with E-state index in [9.17, 15) is 12.8 Å². The lowest BCUT2D eigenvalue weighted by Gasteiger charge is -2.34. The zero-order valence-corrected chi connectivity index (χ0v) is 15.7. The maximum Gasteiger partial charge on any atom is 0.244 e. The Kier molecular flexibility index (Phi) is 5.65. The molecule has 3 rings (SSSR count). The van der Waals surface area contributed by atoms with Crippen molar-refractivity contribution in [2.45, 2.75) is 11.4 Å². The first-order chi connectivity index (χ1) is 11.9. The van der Waals surface area contributed by atoms with Gasteiger partial charge in [0, 0.05) is 32.7 Å². The fraction of sp³-hybridized carbons (Fsp3) is 0.294. The van der Waals surface area contributed by atoms with Gasteiger partial charge in [-0.3, -0.25) is 4.90 Å². The fourth-order valence-corrected chi connectivity index (χ4v) is 5.00. The fourth-order valence-electron chi connectivity index (χ4n) is 2.84. The van der Waals surface area contributed by atoms with Crippen LogP contribution >= 0.6 is 23.2 Å². The van der Waals surface area contributed by atoms with Crippen LogP contribution in [0, 0.1) is 5.82 Å². The van der Waals surface area contributed by atoms with Crippen molar-refractivity contribution in [1.29, 1.82) is 0 Å². The maximum absolute atomic E-state index is 13.3. The van der Waals surface area contributed by atoms with Crippen molar-refractivity contribution >= 4 is 33.2 Å². The first-order valence-corrected chi connectivity index (χ1v) is 9.98.